The topological polar surface area (TPSA) is 67.3 Å². The van der Waals surface area contributed by atoms with E-state index in [1.165, 1.54) is 0 Å². The molecular weight excluding hydrogens is 324 g/mol. The molecule has 0 bridgehead atoms. The maximum Gasteiger partial charge on any atom is 0.318 e. The van der Waals surface area contributed by atoms with Crippen LogP contribution in [0.3, 0.4) is 0 Å². The largest absolute Gasteiger partial charge is 0.495 e. The zero-order valence-electron chi connectivity index (χ0n) is 13.9. The van der Waals surface area contributed by atoms with Crippen LogP contribution >= 0.6 is 11.3 Å². The average molecular weight is 346 g/mol. The Bertz CT molecular complexity index is 677. The number of hydrogen-bond acceptors (Lipinski definition) is 5. The monoisotopic (exact) mass is 346 g/mol. The number of carbonyl (C=O) groups is 1. The number of nitrogens with zero attached hydrogens (tertiary/aromatic N) is 3. The van der Waals surface area contributed by atoms with Crippen molar-refractivity contribution in [3.63, 3.8) is 0 Å². The van der Waals surface area contributed by atoms with Crippen LogP contribution < -0.4 is 10.1 Å². The van der Waals surface area contributed by atoms with Crippen molar-refractivity contribution in [3.8, 4) is 5.75 Å². The molecule has 0 radical (unpaired) electrons. The van der Waals surface area contributed by atoms with E-state index in [0.717, 1.165) is 36.4 Å². The number of aromatic nitrogens is 2. The highest BCUT2D eigenvalue weighted by Gasteiger charge is 2.30. The van der Waals surface area contributed by atoms with Gasteiger partial charge in [0, 0.05) is 29.9 Å². The van der Waals surface area contributed by atoms with Crippen LogP contribution in [0.25, 0.3) is 0 Å². The summed E-state index contributed by atoms with van der Waals surface area (Å²) < 4.78 is 5.34. The Hall–Kier alpha value is -2.15. The minimum absolute atomic E-state index is 0.0544. The highest BCUT2D eigenvalue weighted by atomic mass is 32.1. The van der Waals surface area contributed by atoms with Gasteiger partial charge in [-0.3, -0.25) is 4.98 Å². The van der Waals surface area contributed by atoms with Crippen LogP contribution in [-0.4, -0.2) is 34.6 Å². The fourth-order valence-corrected chi connectivity index (χ4v) is 3.88. The summed E-state index contributed by atoms with van der Waals surface area (Å²) >= 11 is 1.61. The van der Waals surface area contributed by atoms with E-state index in [-0.39, 0.29) is 18.1 Å². The van der Waals surface area contributed by atoms with Gasteiger partial charge in [-0.05, 0) is 32.3 Å². The van der Waals surface area contributed by atoms with Crippen molar-refractivity contribution in [2.24, 2.45) is 0 Å². The van der Waals surface area contributed by atoms with Gasteiger partial charge >= 0.3 is 6.03 Å². The van der Waals surface area contributed by atoms with Crippen molar-refractivity contribution in [1.29, 1.82) is 0 Å². The molecule has 1 fully saturated rings. The predicted molar refractivity (Wildman–Crippen MR) is 93.1 cm³/mol. The Kier molecular flexibility index (Phi) is 5.30. The second-order valence-electron chi connectivity index (χ2n) is 5.86. The van der Waals surface area contributed by atoms with E-state index in [0.29, 0.717) is 5.75 Å². The molecule has 0 spiro atoms. The summed E-state index contributed by atoms with van der Waals surface area (Å²) in [6.07, 6.45) is 8.30. The molecule has 2 aromatic rings. The van der Waals surface area contributed by atoms with Crippen molar-refractivity contribution in [3.05, 3.63) is 40.6 Å². The second kappa shape index (κ2) is 7.61. The predicted octanol–water partition coefficient (Wildman–Crippen LogP) is 3.54. The summed E-state index contributed by atoms with van der Waals surface area (Å²) in [4.78, 5) is 23.2. The Morgan fingerprint density at radius 3 is 3.08 bits per heavy atom. The van der Waals surface area contributed by atoms with Crippen LogP contribution in [0.4, 0.5) is 4.79 Å². The molecule has 24 heavy (non-hydrogen) atoms. The van der Waals surface area contributed by atoms with Crippen molar-refractivity contribution < 1.29 is 9.53 Å². The molecule has 3 heterocycles. The lowest BCUT2D eigenvalue weighted by molar-refractivity contribution is 0.148. The number of thiazole rings is 1. The van der Waals surface area contributed by atoms with Gasteiger partial charge < -0.3 is 15.0 Å². The standard InChI is InChI=1S/C17H22N4O2S/c1-12(13-6-7-18-11-15(13)23-2)20-17(22)21-9-4-3-5-14(21)16-19-8-10-24-16/h6-8,10-12,14H,3-5,9H2,1-2H3,(H,20,22)/t12-,14+/m1/s1. The van der Waals surface area contributed by atoms with Crippen LogP contribution in [0.15, 0.2) is 30.0 Å². The van der Waals surface area contributed by atoms with Gasteiger partial charge in [-0.15, -0.1) is 11.3 Å². The number of urea groups is 1. The third-order valence-electron chi connectivity index (χ3n) is 4.34. The van der Waals surface area contributed by atoms with Gasteiger partial charge in [0.1, 0.15) is 10.8 Å². The molecule has 2 atom stereocenters. The highest BCUT2D eigenvalue weighted by molar-refractivity contribution is 7.09. The molecule has 1 N–H and O–H groups in total. The van der Waals surface area contributed by atoms with E-state index >= 15 is 0 Å². The Morgan fingerprint density at radius 1 is 1.46 bits per heavy atom. The first-order valence-electron chi connectivity index (χ1n) is 8.15. The van der Waals surface area contributed by atoms with Gasteiger partial charge in [-0.1, -0.05) is 0 Å². The molecule has 3 rings (SSSR count). The van der Waals surface area contributed by atoms with Crippen LogP contribution in [0.5, 0.6) is 5.75 Å². The number of hydrogen-bond donors (Lipinski definition) is 1. The van der Waals surface area contributed by atoms with E-state index in [2.05, 4.69) is 15.3 Å². The Balaban J connectivity index is 1.73. The Labute approximate surface area is 145 Å². The molecule has 1 saturated heterocycles. The fourth-order valence-electron chi connectivity index (χ4n) is 3.10. The smallest absolute Gasteiger partial charge is 0.318 e. The summed E-state index contributed by atoms with van der Waals surface area (Å²) in [5, 5.41) is 6.06. The molecule has 0 saturated carbocycles. The molecule has 1 aliphatic rings. The lowest BCUT2D eigenvalue weighted by atomic mass is 10.0. The summed E-state index contributed by atoms with van der Waals surface area (Å²) in [6.45, 7) is 2.72. The number of piperidine rings is 1. The van der Waals surface area contributed by atoms with E-state index in [1.807, 2.05) is 23.3 Å². The van der Waals surface area contributed by atoms with E-state index < -0.39 is 0 Å². The van der Waals surface area contributed by atoms with Gasteiger partial charge in [0.25, 0.3) is 0 Å². The first kappa shape index (κ1) is 16.7. The maximum absolute atomic E-state index is 12.8. The first-order valence-corrected chi connectivity index (χ1v) is 9.03. The number of carbonyl (C=O) groups excluding carboxylic acids is 1. The molecule has 0 aliphatic carbocycles. The van der Waals surface area contributed by atoms with Gasteiger partial charge in [-0.25, -0.2) is 9.78 Å². The molecule has 7 heteroatoms. The lowest BCUT2D eigenvalue weighted by Crippen LogP contribution is -2.45. The minimum atomic E-state index is -0.158. The number of methoxy groups -OCH3 is 1. The lowest BCUT2D eigenvalue weighted by Gasteiger charge is -2.35. The minimum Gasteiger partial charge on any atom is -0.495 e. The molecular formula is C17H22N4O2S. The van der Waals surface area contributed by atoms with Crippen molar-refractivity contribution >= 4 is 17.4 Å². The number of amides is 2. The molecule has 0 unspecified atom stereocenters. The van der Waals surface area contributed by atoms with Gasteiger partial charge in [0.15, 0.2) is 0 Å². The maximum atomic E-state index is 12.8. The molecule has 2 aromatic heterocycles. The number of rotatable bonds is 4. The summed E-state index contributed by atoms with van der Waals surface area (Å²) in [6, 6.07) is 1.74. The Morgan fingerprint density at radius 2 is 2.33 bits per heavy atom. The SMILES string of the molecule is COc1cnccc1[C@@H](C)NC(=O)N1CCCC[C@H]1c1nccs1. The third kappa shape index (κ3) is 3.51. The number of likely N-dealkylation sites (tertiary alicyclic amines) is 1. The van der Waals surface area contributed by atoms with Crippen molar-refractivity contribution in [2.45, 2.75) is 38.3 Å². The molecule has 0 aromatic carbocycles. The van der Waals surface area contributed by atoms with E-state index in [4.69, 9.17) is 4.74 Å². The highest BCUT2D eigenvalue weighted by Crippen LogP contribution is 2.32. The van der Waals surface area contributed by atoms with Crippen LogP contribution in [-0.2, 0) is 0 Å². The molecule has 1 aliphatic heterocycles. The van der Waals surface area contributed by atoms with Gasteiger partial charge in [-0.2, -0.15) is 0 Å². The quantitative estimate of drug-likeness (QED) is 0.919. The summed E-state index contributed by atoms with van der Waals surface area (Å²) in [5.41, 5.74) is 0.920. The third-order valence-corrected chi connectivity index (χ3v) is 5.22. The van der Waals surface area contributed by atoms with Crippen LogP contribution in [0, 0.1) is 0 Å². The zero-order chi connectivity index (χ0) is 16.9. The summed E-state index contributed by atoms with van der Waals surface area (Å²) in [7, 11) is 1.61. The van der Waals surface area contributed by atoms with E-state index in [9.17, 15) is 4.79 Å². The van der Waals surface area contributed by atoms with Crippen molar-refractivity contribution in [1.82, 2.24) is 20.2 Å². The average Bonchev–Trinajstić information content (AvgIpc) is 3.16. The number of ether oxygens (including phenoxy) is 1. The zero-order valence-corrected chi connectivity index (χ0v) is 14.8. The first-order chi connectivity index (χ1) is 11.7. The number of pyridine rings is 1. The molecule has 2 amide bonds. The van der Waals surface area contributed by atoms with Crippen LogP contribution in [0.2, 0.25) is 0 Å². The van der Waals surface area contributed by atoms with Gasteiger partial charge in [0.2, 0.25) is 0 Å². The molecule has 6 nitrogen and oxygen atoms in total. The second-order valence-corrected chi connectivity index (χ2v) is 6.79. The van der Waals surface area contributed by atoms with Crippen molar-refractivity contribution in [2.75, 3.05) is 13.7 Å². The van der Waals surface area contributed by atoms with Crippen LogP contribution in [0.1, 0.15) is 48.8 Å². The number of nitrogens with one attached hydrogen (secondary N) is 1. The van der Waals surface area contributed by atoms with Gasteiger partial charge in [0.05, 0.1) is 25.4 Å². The molecule has 128 valence electrons. The normalized spacial score (nSPS) is 18.9. The fraction of sp³-hybridized carbons (Fsp3) is 0.471. The van der Waals surface area contributed by atoms with E-state index in [1.54, 1.807) is 37.0 Å². The summed E-state index contributed by atoms with van der Waals surface area (Å²) in [5.74, 6) is 0.681.